The number of hydrogen-bond acceptors (Lipinski definition) is 2. The second kappa shape index (κ2) is 5.69. The summed E-state index contributed by atoms with van der Waals surface area (Å²) in [5.74, 6) is 0.313. The van der Waals surface area contributed by atoms with E-state index in [0.29, 0.717) is 0 Å². The lowest BCUT2D eigenvalue weighted by Crippen LogP contribution is -1.98. The third-order valence-electron chi connectivity index (χ3n) is 0.692. The highest BCUT2D eigenvalue weighted by atomic mass is 32.2. The topological polar surface area (TPSA) is 37.3 Å². The summed E-state index contributed by atoms with van der Waals surface area (Å²) in [5, 5.41) is 8.17. The van der Waals surface area contributed by atoms with Gasteiger partial charge >= 0.3 is 5.97 Å². The summed E-state index contributed by atoms with van der Waals surface area (Å²) in [6.45, 7) is 3.52. The monoisotopic (exact) mass is 146 g/mol. The Balaban J connectivity index is 2.91. The van der Waals surface area contributed by atoms with Crippen LogP contribution in [0.4, 0.5) is 0 Å². The fourth-order valence-electron chi connectivity index (χ4n) is 0.326. The molecule has 0 fully saturated rings. The molecule has 0 aliphatic carbocycles. The number of hydrogen-bond donors (Lipinski definition) is 1. The highest BCUT2D eigenvalue weighted by molar-refractivity contribution is 7.99. The molecule has 0 radical (unpaired) electrons. The van der Waals surface area contributed by atoms with E-state index in [1.165, 1.54) is 11.8 Å². The summed E-state index contributed by atoms with van der Waals surface area (Å²) in [4.78, 5) is 9.92. The minimum atomic E-state index is -0.746. The van der Waals surface area contributed by atoms with Gasteiger partial charge in [-0.3, -0.25) is 4.79 Å². The van der Waals surface area contributed by atoms with Crippen molar-refractivity contribution < 1.29 is 9.90 Å². The van der Waals surface area contributed by atoms with Gasteiger partial charge in [-0.2, -0.15) is 0 Å². The Morgan fingerprint density at radius 3 is 2.89 bits per heavy atom. The van der Waals surface area contributed by atoms with Gasteiger partial charge in [0.05, 0.1) is 5.75 Å². The predicted molar refractivity (Wildman–Crippen MR) is 39.8 cm³/mol. The number of rotatable bonds is 5. The van der Waals surface area contributed by atoms with Crippen LogP contribution >= 0.6 is 11.8 Å². The molecule has 2 nitrogen and oxygen atoms in total. The van der Waals surface area contributed by atoms with Gasteiger partial charge in [0, 0.05) is 0 Å². The smallest absolute Gasteiger partial charge is 0.313 e. The lowest BCUT2D eigenvalue weighted by atomic mass is 10.5. The second-order valence-corrected chi connectivity index (χ2v) is 2.63. The van der Waals surface area contributed by atoms with Crippen molar-refractivity contribution in [1.29, 1.82) is 0 Å². The zero-order valence-electron chi connectivity index (χ0n) is 5.17. The maximum atomic E-state index is 9.92. The maximum absolute atomic E-state index is 9.92. The van der Waals surface area contributed by atoms with Gasteiger partial charge in [-0.15, -0.1) is 18.3 Å². The van der Waals surface area contributed by atoms with Crippen LogP contribution in [0.2, 0.25) is 0 Å². The minimum Gasteiger partial charge on any atom is -0.481 e. The van der Waals surface area contributed by atoms with Crippen LogP contribution in [-0.2, 0) is 4.79 Å². The third kappa shape index (κ3) is 7.56. The van der Waals surface area contributed by atoms with E-state index < -0.39 is 5.97 Å². The lowest BCUT2D eigenvalue weighted by Gasteiger charge is -1.91. The molecule has 0 unspecified atom stereocenters. The molecule has 0 rings (SSSR count). The van der Waals surface area contributed by atoms with Crippen LogP contribution in [0.3, 0.4) is 0 Å². The zero-order valence-corrected chi connectivity index (χ0v) is 5.99. The van der Waals surface area contributed by atoms with E-state index in [4.69, 9.17) is 5.11 Å². The molecule has 0 aromatic heterocycles. The van der Waals surface area contributed by atoms with Crippen LogP contribution in [0, 0.1) is 0 Å². The SMILES string of the molecule is C=CCCSCC(=O)O. The Morgan fingerprint density at radius 1 is 1.78 bits per heavy atom. The van der Waals surface area contributed by atoms with Gasteiger partial charge in [0.15, 0.2) is 0 Å². The van der Waals surface area contributed by atoms with Crippen molar-refractivity contribution in [2.45, 2.75) is 6.42 Å². The minimum absolute atomic E-state index is 0.202. The van der Waals surface area contributed by atoms with Crippen molar-refractivity contribution in [1.82, 2.24) is 0 Å². The van der Waals surface area contributed by atoms with Gasteiger partial charge in [0.2, 0.25) is 0 Å². The molecule has 0 atom stereocenters. The molecule has 0 bridgehead atoms. The predicted octanol–water partition coefficient (Wildman–Crippen LogP) is 1.38. The maximum Gasteiger partial charge on any atom is 0.313 e. The first-order valence-electron chi connectivity index (χ1n) is 2.68. The molecule has 0 aromatic rings. The van der Waals surface area contributed by atoms with Gasteiger partial charge < -0.3 is 5.11 Å². The van der Waals surface area contributed by atoms with Crippen LogP contribution in [0.1, 0.15) is 6.42 Å². The Hall–Kier alpha value is -0.440. The molecule has 0 saturated carbocycles. The molecule has 0 aliphatic heterocycles. The van der Waals surface area contributed by atoms with Crippen LogP contribution in [0.5, 0.6) is 0 Å². The molecule has 0 aliphatic rings. The number of carboxylic acids is 1. The second-order valence-electron chi connectivity index (χ2n) is 1.52. The van der Waals surface area contributed by atoms with Crippen LogP contribution in [0.25, 0.3) is 0 Å². The molecule has 0 amide bonds. The van der Waals surface area contributed by atoms with Gasteiger partial charge in [-0.05, 0) is 12.2 Å². The lowest BCUT2D eigenvalue weighted by molar-refractivity contribution is -0.133. The van der Waals surface area contributed by atoms with E-state index in [1.54, 1.807) is 6.08 Å². The summed E-state index contributed by atoms with van der Waals surface area (Å²) >= 11 is 1.42. The molecule has 0 aromatic carbocycles. The van der Waals surface area contributed by atoms with Crippen molar-refractivity contribution in [3.05, 3.63) is 12.7 Å². The van der Waals surface area contributed by atoms with Gasteiger partial charge in [0.1, 0.15) is 0 Å². The largest absolute Gasteiger partial charge is 0.481 e. The molecular formula is C6H10O2S. The fourth-order valence-corrected chi connectivity index (χ4v) is 0.978. The van der Waals surface area contributed by atoms with E-state index in [9.17, 15) is 4.79 Å². The molecule has 0 saturated heterocycles. The quantitative estimate of drug-likeness (QED) is 0.470. The van der Waals surface area contributed by atoms with Gasteiger partial charge in [0.25, 0.3) is 0 Å². The summed E-state index contributed by atoms with van der Waals surface area (Å²) in [5.41, 5.74) is 0. The first-order chi connectivity index (χ1) is 4.27. The normalized spacial score (nSPS) is 8.89. The number of aliphatic carboxylic acids is 1. The average Bonchev–Trinajstić information content (AvgIpc) is 1.80. The third-order valence-corrected chi connectivity index (χ3v) is 1.67. The van der Waals surface area contributed by atoms with E-state index in [-0.39, 0.29) is 5.75 Å². The summed E-state index contributed by atoms with van der Waals surface area (Å²) < 4.78 is 0. The van der Waals surface area contributed by atoms with Crippen LogP contribution < -0.4 is 0 Å². The first kappa shape index (κ1) is 8.56. The summed E-state index contributed by atoms with van der Waals surface area (Å²) in [6.07, 6.45) is 2.67. The Bertz CT molecular complexity index is 101. The van der Waals surface area contributed by atoms with Crippen molar-refractivity contribution >= 4 is 17.7 Å². The zero-order chi connectivity index (χ0) is 7.11. The van der Waals surface area contributed by atoms with E-state index in [0.717, 1.165) is 12.2 Å². The molecule has 9 heavy (non-hydrogen) atoms. The average molecular weight is 146 g/mol. The molecule has 3 heteroatoms. The van der Waals surface area contributed by atoms with Crippen LogP contribution in [-0.4, -0.2) is 22.6 Å². The summed E-state index contributed by atoms with van der Waals surface area (Å²) in [6, 6.07) is 0. The van der Waals surface area contributed by atoms with Gasteiger partial charge in [-0.1, -0.05) is 6.08 Å². The number of carboxylic acid groups (broad SMARTS) is 1. The van der Waals surface area contributed by atoms with Gasteiger partial charge in [-0.25, -0.2) is 0 Å². The Morgan fingerprint density at radius 2 is 2.44 bits per heavy atom. The number of carbonyl (C=O) groups is 1. The highest BCUT2D eigenvalue weighted by Gasteiger charge is 1.93. The Labute approximate surface area is 59.0 Å². The standard InChI is InChI=1S/C6H10O2S/c1-2-3-4-9-5-6(7)8/h2H,1,3-5H2,(H,7,8). The Kier molecular flexibility index (Phi) is 5.41. The van der Waals surface area contributed by atoms with Crippen LogP contribution in [0.15, 0.2) is 12.7 Å². The van der Waals surface area contributed by atoms with E-state index in [1.807, 2.05) is 0 Å². The van der Waals surface area contributed by atoms with E-state index in [2.05, 4.69) is 6.58 Å². The fraction of sp³-hybridized carbons (Fsp3) is 0.500. The van der Waals surface area contributed by atoms with Crippen molar-refractivity contribution in [3.8, 4) is 0 Å². The molecule has 52 valence electrons. The highest BCUT2D eigenvalue weighted by Crippen LogP contribution is 2.00. The molecule has 0 heterocycles. The number of allylic oxidation sites excluding steroid dienone is 1. The molecular weight excluding hydrogens is 136 g/mol. The number of thioether (sulfide) groups is 1. The van der Waals surface area contributed by atoms with E-state index >= 15 is 0 Å². The van der Waals surface area contributed by atoms with Crippen molar-refractivity contribution in [3.63, 3.8) is 0 Å². The first-order valence-corrected chi connectivity index (χ1v) is 3.83. The van der Waals surface area contributed by atoms with Crippen molar-refractivity contribution in [2.75, 3.05) is 11.5 Å². The molecule has 0 spiro atoms. The van der Waals surface area contributed by atoms with Crippen molar-refractivity contribution in [2.24, 2.45) is 0 Å². The summed E-state index contributed by atoms with van der Waals surface area (Å²) in [7, 11) is 0. The molecule has 1 N–H and O–H groups in total.